The molecule has 3 heterocycles. The summed E-state index contributed by atoms with van der Waals surface area (Å²) in [5, 5.41) is 13.5. The number of carbonyl (C=O) groups excluding carboxylic acids is 2. The van der Waals surface area contributed by atoms with Crippen molar-refractivity contribution in [2.45, 2.75) is 18.5 Å². The summed E-state index contributed by atoms with van der Waals surface area (Å²) in [6, 6.07) is 15.2. The van der Waals surface area contributed by atoms with Gasteiger partial charge in [-0.25, -0.2) is 14.1 Å². The molecule has 2 N–H and O–H groups in total. The fourth-order valence-electron chi connectivity index (χ4n) is 4.61. The molecule has 0 bridgehead atoms. The van der Waals surface area contributed by atoms with Gasteiger partial charge in [0, 0.05) is 32.9 Å². The normalized spacial score (nSPS) is 25.1. The molecule has 9 nitrogen and oxygen atoms in total. The first-order valence-electron chi connectivity index (χ1n) is 10.9. The van der Waals surface area contributed by atoms with E-state index in [1.54, 1.807) is 24.1 Å². The summed E-state index contributed by atoms with van der Waals surface area (Å²) >= 11 is 0. The van der Waals surface area contributed by atoms with Gasteiger partial charge in [0.1, 0.15) is 18.0 Å². The summed E-state index contributed by atoms with van der Waals surface area (Å²) in [5.74, 6) is -0.507. The molecular weight excluding hydrogens is 425 g/mol. The molecule has 0 aliphatic carbocycles. The number of nitrogens with one attached hydrogen (secondary N) is 2. The number of hydrazone groups is 1. The molecule has 0 aromatic heterocycles. The van der Waals surface area contributed by atoms with Crippen LogP contribution in [-0.4, -0.2) is 89.6 Å². The smallest absolute Gasteiger partial charge is 0.327 e. The van der Waals surface area contributed by atoms with Gasteiger partial charge in [-0.05, 0) is 29.8 Å². The number of benzene rings is 2. The summed E-state index contributed by atoms with van der Waals surface area (Å²) in [7, 11) is 3.22. The molecule has 172 valence electrons. The number of anilines is 1. The van der Waals surface area contributed by atoms with Crippen LogP contribution in [0.25, 0.3) is 0 Å². The van der Waals surface area contributed by atoms with Crippen molar-refractivity contribution >= 4 is 23.3 Å². The highest BCUT2D eigenvalue weighted by Gasteiger charge is 2.55. The molecule has 5 rings (SSSR count). The number of nitrogens with zero attached hydrogens (tertiary/aromatic N) is 5. The number of halogens is 1. The fourth-order valence-corrected chi connectivity index (χ4v) is 4.61. The molecule has 3 aliphatic heterocycles. The van der Waals surface area contributed by atoms with Crippen molar-refractivity contribution in [3.05, 3.63) is 66.0 Å². The second kappa shape index (κ2) is 8.45. The number of urea groups is 1. The van der Waals surface area contributed by atoms with Crippen molar-refractivity contribution in [3.8, 4) is 0 Å². The number of hydrogen-bond acceptors (Lipinski definition) is 7. The van der Waals surface area contributed by atoms with E-state index in [4.69, 9.17) is 5.10 Å². The lowest BCUT2D eigenvalue weighted by atomic mass is 10.1. The first-order valence-corrected chi connectivity index (χ1v) is 10.9. The third kappa shape index (κ3) is 3.81. The highest BCUT2D eigenvalue weighted by atomic mass is 19.1. The van der Waals surface area contributed by atoms with Gasteiger partial charge >= 0.3 is 6.03 Å². The van der Waals surface area contributed by atoms with Crippen LogP contribution in [0.2, 0.25) is 0 Å². The molecule has 2 fully saturated rings. The van der Waals surface area contributed by atoms with Gasteiger partial charge in [-0.15, -0.1) is 0 Å². The van der Waals surface area contributed by atoms with Crippen LogP contribution in [0.15, 0.2) is 59.7 Å². The van der Waals surface area contributed by atoms with E-state index in [9.17, 15) is 14.0 Å². The lowest BCUT2D eigenvalue weighted by molar-refractivity contribution is -0.137. The maximum Gasteiger partial charge on any atom is 0.327 e. The molecular formula is C23H26FN7O2. The first kappa shape index (κ1) is 21.4. The van der Waals surface area contributed by atoms with Gasteiger partial charge in [-0.2, -0.15) is 5.10 Å². The third-order valence-electron chi connectivity index (χ3n) is 6.36. The van der Waals surface area contributed by atoms with Crippen molar-refractivity contribution in [2.24, 2.45) is 5.10 Å². The van der Waals surface area contributed by atoms with Crippen LogP contribution < -0.4 is 10.6 Å². The number of amides is 3. The minimum Gasteiger partial charge on any atom is -0.383 e. The Bertz CT molecular complexity index is 1080. The SMILES string of the molecule is CN1C(=O)C2C(NC3N(CCNc4ccc(F)cc4)N=C(c4ccccc4)CN23)N(C)C1=O. The number of fused-ring (bicyclic) bond motifs is 3. The third-order valence-corrected chi connectivity index (χ3v) is 6.36. The number of carbonyl (C=O) groups is 2. The van der Waals surface area contributed by atoms with Crippen molar-refractivity contribution in [2.75, 3.05) is 39.0 Å². The first-order chi connectivity index (χ1) is 15.9. The van der Waals surface area contributed by atoms with Crippen molar-refractivity contribution in [1.29, 1.82) is 0 Å². The monoisotopic (exact) mass is 451 g/mol. The Morgan fingerprint density at radius 3 is 2.55 bits per heavy atom. The maximum atomic E-state index is 13.2. The molecule has 3 atom stereocenters. The Morgan fingerprint density at radius 2 is 1.82 bits per heavy atom. The van der Waals surface area contributed by atoms with E-state index in [1.807, 2.05) is 35.3 Å². The summed E-state index contributed by atoms with van der Waals surface area (Å²) in [5.41, 5.74) is 2.65. The van der Waals surface area contributed by atoms with Crippen molar-refractivity contribution < 1.29 is 14.0 Å². The Balaban J connectivity index is 1.41. The van der Waals surface area contributed by atoms with Crippen LogP contribution in [0.1, 0.15) is 5.56 Å². The Kier molecular flexibility index (Phi) is 5.47. The molecule has 0 radical (unpaired) electrons. The molecule has 0 saturated carbocycles. The molecule has 2 aromatic carbocycles. The van der Waals surface area contributed by atoms with E-state index in [0.717, 1.165) is 17.0 Å². The van der Waals surface area contributed by atoms with Crippen LogP contribution in [0.4, 0.5) is 14.9 Å². The average Bonchev–Trinajstić information content (AvgIpc) is 3.23. The highest BCUT2D eigenvalue weighted by molar-refractivity contribution is 6.04. The molecule has 3 amide bonds. The second-order valence-electron chi connectivity index (χ2n) is 8.40. The predicted molar refractivity (Wildman–Crippen MR) is 122 cm³/mol. The summed E-state index contributed by atoms with van der Waals surface area (Å²) in [6.07, 6.45) is -0.780. The molecule has 2 aromatic rings. The molecule has 0 spiro atoms. The van der Waals surface area contributed by atoms with Gasteiger partial charge in [0.05, 0.1) is 12.3 Å². The maximum absolute atomic E-state index is 13.2. The second-order valence-corrected chi connectivity index (χ2v) is 8.40. The van der Waals surface area contributed by atoms with Gasteiger partial charge in [-0.1, -0.05) is 30.3 Å². The van der Waals surface area contributed by atoms with Crippen molar-refractivity contribution in [3.63, 3.8) is 0 Å². The number of imide groups is 1. The summed E-state index contributed by atoms with van der Waals surface area (Å²) in [6.45, 7) is 1.57. The van der Waals surface area contributed by atoms with Crippen LogP contribution in [-0.2, 0) is 4.79 Å². The van der Waals surface area contributed by atoms with E-state index in [-0.39, 0.29) is 24.0 Å². The summed E-state index contributed by atoms with van der Waals surface area (Å²) in [4.78, 5) is 30.4. The fraction of sp³-hybridized carbons (Fsp3) is 0.348. The van der Waals surface area contributed by atoms with Gasteiger partial charge in [0.25, 0.3) is 5.91 Å². The summed E-state index contributed by atoms with van der Waals surface area (Å²) < 4.78 is 13.2. The molecule has 10 heteroatoms. The molecule has 2 saturated heterocycles. The van der Waals surface area contributed by atoms with E-state index < -0.39 is 12.2 Å². The highest BCUT2D eigenvalue weighted by Crippen LogP contribution is 2.30. The zero-order valence-electron chi connectivity index (χ0n) is 18.5. The lowest BCUT2D eigenvalue weighted by Crippen LogP contribution is -2.65. The Hall–Kier alpha value is -3.50. The van der Waals surface area contributed by atoms with Crippen molar-refractivity contribution in [1.82, 2.24) is 25.0 Å². The van der Waals surface area contributed by atoms with Crippen LogP contribution in [0.5, 0.6) is 0 Å². The van der Waals surface area contributed by atoms with Gasteiger partial charge < -0.3 is 10.2 Å². The van der Waals surface area contributed by atoms with E-state index in [1.165, 1.54) is 24.1 Å². The molecule has 3 aliphatic rings. The van der Waals surface area contributed by atoms with E-state index >= 15 is 0 Å². The van der Waals surface area contributed by atoms with Gasteiger partial charge in [-0.3, -0.25) is 20.0 Å². The number of hydrogen-bond donors (Lipinski definition) is 2. The predicted octanol–water partition coefficient (Wildman–Crippen LogP) is 1.36. The van der Waals surface area contributed by atoms with E-state index in [2.05, 4.69) is 15.5 Å². The van der Waals surface area contributed by atoms with Crippen LogP contribution in [0.3, 0.4) is 0 Å². The quantitative estimate of drug-likeness (QED) is 0.715. The average molecular weight is 452 g/mol. The number of likely N-dealkylation sites (N-methyl/N-ethyl adjacent to an activating group) is 2. The molecule has 33 heavy (non-hydrogen) atoms. The number of rotatable bonds is 5. The van der Waals surface area contributed by atoms with E-state index in [0.29, 0.717) is 19.6 Å². The topological polar surface area (TPSA) is 83.5 Å². The zero-order chi connectivity index (χ0) is 23.1. The van der Waals surface area contributed by atoms with Crippen LogP contribution in [0, 0.1) is 5.82 Å². The standard InChI is InChI=1S/C23H26FN7O2/c1-28-20-19(21(32)29(2)23(28)33)30-14-18(15-6-4-3-5-7-15)27-31(22(30)26-20)13-12-25-17-10-8-16(24)9-11-17/h3-11,19-20,22,25-26H,12-14H2,1-2H3. The molecule has 3 unspecified atom stereocenters. The Labute approximate surface area is 191 Å². The minimum absolute atomic E-state index is 0.225. The van der Waals surface area contributed by atoms with Crippen LogP contribution >= 0.6 is 0 Å². The lowest BCUT2D eigenvalue weighted by Gasteiger charge is -2.41. The van der Waals surface area contributed by atoms with Gasteiger partial charge in [0.2, 0.25) is 0 Å². The largest absolute Gasteiger partial charge is 0.383 e. The zero-order valence-corrected chi connectivity index (χ0v) is 18.5. The van der Waals surface area contributed by atoms with Gasteiger partial charge in [0.15, 0.2) is 6.29 Å². The Morgan fingerprint density at radius 1 is 1.09 bits per heavy atom. The minimum atomic E-state index is -0.510.